The van der Waals surface area contributed by atoms with Gasteiger partial charge < -0.3 is 5.73 Å². The predicted octanol–water partition coefficient (Wildman–Crippen LogP) is 3.08. The lowest BCUT2D eigenvalue weighted by molar-refractivity contribution is 0.864. The number of aliphatic imine (C=N–C) groups is 1. The zero-order valence-electron chi connectivity index (χ0n) is 10.1. The summed E-state index contributed by atoms with van der Waals surface area (Å²) in [6.45, 7) is 5.14. The first kappa shape index (κ1) is 11.2. The molecule has 0 saturated heterocycles. The zero-order chi connectivity index (χ0) is 11.5. The van der Waals surface area contributed by atoms with Gasteiger partial charge >= 0.3 is 0 Å². The summed E-state index contributed by atoms with van der Waals surface area (Å²) in [5.74, 6) is 2.01. The topological polar surface area (TPSA) is 38.4 Å². The third kappa shape index (κ3) is 2.84. The molecule has 1 aliphatic carbocycles. The summed E-state index contributed by atoms with van der Waals surface area (Å²) in [4.78, 5) is 4.43. The van der Waals surface area contributed by atoms with E-state index < -0.39 is 0 Å². The Bertz CT molecular complexity index is 372. The lowest BCUT2D eigenvalue weighted by atomic mass is 10.0. The standard InChI is InChI=1S/C14H20N2/c1-10(2)12-5-3-11(4-6-12)9-16-14(15)13-7-8-13/h3-6,10,13H,7-9H2,1-2H3,(H2,15,16). The van der Waals surface area contributed by atoms with Crippen LogP contribution in [0.2, 0.25) is 0 Å². The minimum absolute atomic E-state index is 0.579. The first-order valence-corrected chi connectivity index (χ1v) is 6.05. The number of amidine groups is 1. The molecular formula is C14H20N2. The highest BCUT2D eigenvalue weighted by Crippen LogP contribution is 2.28. The van der Waals surface area contributed by atoms with E-state index in [9.17, 15) is 0 Å². The second-order valence-electron chi connectivity index (χ2n) is 4.91. The zero-order valence-corrected chi connectivity index (χ0v) is 10.1. The van der Waals surface area contributed by atoms with Crippen molar-refractivity contribution in [3.05, 3.63) is 35.4 Å². The molecule has 1 aromatic rings. The van der Waals surface area contributed by atoms with Gasteiger partial charge in [0.25, 0.3) is 0 Å². The van der Waals surface area contributed by atoms with Crippen LogP contribution in [0, 0.1) is 5.92 Å². The van der Waals surface area contributed by atoms with Gasteiger partial charge in [-0.25, -0.2) is 0 Å². The van der Waals surface area contributed by atoms with E-state index in [-0.39, 0.29) is 0 Å². The van der Waals surface area contributed by atoms with E-state index >= 15 is 0 Å². The third-order valence-corrected chi connectivity index (χ3v) is 3.09. The van der Waals surface area contributed by atoms with Crippen LogP contribution in [0.25, 0.3) is 0 Å². The summed E-state index contributed by atoms with van der Waals surface area (Å²) in [6, 6.07) is 8.67. The van der Waals surface area contributed by atoms with Crippen LogP contribution < -0.4 is 5.73 Å². The van der Waals surface area contributed by atoms with Gasteiger partial charge in [0.2, 0.25) is 0 Å². The predicted molar refractivity (Wildman–Crippen MR) is 68.6 cm³/mol. The Morgan fingerprint density at radius 3 is 2.44 bits per heavy atom. The van der Waals surface area contributed by atoms with Crippen LogP contribution in [0.4, 0.5) is 0 Å². The van der Waals surface area contributed by atoms with E-state index in [2.05, 4.69) is 43.1 Å². The summed E-state index contributed by atoms with van der Waals surface area (Å²) >= 11 is 0. The highest BCUT2D eigenvalue weighted by Gasteiger charge is 2.25. The van der Waals surface area contributed by atoms with Crippen molar-refractivity contribution >= 4 is 5.84 Å². The molecule has 0 atom stereocenters. The average molecular weight is 216 g/mol. The fraction of sp³-hybridized carbons (Fsp3) is 0.500. The van der Waals surface area contributed by atoms with Crippen molar-refractivity contribution in [3.8, 4) is 0 Å². The second-order valence-corrected chi connectivity index (χ2v) is 4.91. The first-order chi connectivity index (χ1) is 7.66. The van der Waals surface area contributed by atoms with Gasteiger partial charge in [0.15, 0.2) is 0 Å². The van der Waals surface area contributed by atoms with Gasteiger partial charge in [0, 0.05) is 5.92 Å². The van der Waals surface area contributed by atoms with Gasteiger partial charge in [-0.05, 0) is 29.9 Å². The van der Waals surface area contributed by atoms with Crippen LogP contribution in [0.3, 0.4) is 0 Å². The lowest BCUT2D eigenvalue weighted by Crippen LogP contribution is -2.14. The maximum absolute atomic E-state index is 5.85. The molecule has 1 fully saturated rings. The molecule has 0 radical (unpaired) electrons. The molecule has 1 aliphatic rings. The third-order valence-electron chi connectivity index (χ3n) is 3.09. The molecule has 0 heterocycles. The molecule has 1 saturated carbocycles. The summed E-state index contributed by atoms with van der Waals surface area (Å²) in [6.07, 6.45) is 2.45. The van der Waals surface area contributed by atoms with Crippen LogP contribution in [-0.2, 0) is 6.54 Å². The maximum atomic E-state index is 5.85. The van der Waals surface area contributed by atoms with Crippen LogP contribution in [0.5, 0.6) is 0 Å². The van der Waals surface area contributed by atoms with Crippen molar-refractivity contribution in [1.29, 1.82) is 0 Å². The number of hydrogen-bond acceptors (Lipinski definition) is 1. The number of hydrogen-bond donors (Lipinski definition) is 1. The normalized spacial score (nSPS) is 16.8. The Kier molecular flexibility index (Phi) is 3.28. The van der Waals surface area contributed by atoms with E-state index in [0.717, 1.165) is 12.4 Å². The van der Waals surface area contributed by atoms with Crippen molar-refractivity contribution in [2.24, 2.45) is 16.6 Å². The molecule has 0 spiro atoms. The van der Waals surface area contributed by atoms with Gasteiger partial charge in [0.1, 0.15) is 0 Å². The van der Waals surface area contributed by atoms with Crippen molar-refractivity contribution < 1.29 is 0 Å². The summed E-state index contributed by atoms with van der Waals surface area (Å²) in [5, 5.41) is 0. The largest absolute Gasteiger partial charge is 0.387 e. The van der Waals surface area contributed by atoms with Gasteiger partial charge in [-0.1, -0.05) is 38.1 Å². The van der Waals surface area contributed by atoms with Crippen molar-refractivity contribution in [3.63, 3.8) is 0 Å². The van der Waals surface area contributed by atoms with Crippen LogP contribution in [0.15, 0.2) is 29.3 Å². The Morgan fingerprint density at radius 2 is 1.94 bits per heavy atom. The molecule has 86 valence electrons. The van der Waals surface area contributed by atoms with E-state index in [0.29, 0.717) is 11.8 Å². The van der Waals surface area contributed by atoms with E-state index in [1.54, 1.807) is 0 Å². The lowest BCUT2D eigenvalue weighted by Gasteiger charge is -2.05. The van der Waals surface area contributed by atoms with Crippen LogP contribution >= 0.6 is 0 Å². The molecule has 0 bridgehead atoms. The Labute approximate surface area is 97.6 Å². The van der Waals surface area contributed by atoms with Crippen LogP contribution in [-0.4, -0.2) is 5.84 Å². The van der Waals surface area contributed by atoms with Gasteiger partial charge in [-0.3, -0.25) is 4.99 Å². The highest BCUT2D eigenvalue weighted by atomic mass is 14.9. The maximum Gasteiger partial charge on any atom is 0.0972 e. The minimum Gasteiger partial charge on any atom is -0.387 e. The summed E-state index contributed by atoms with van der Waals surface area (Å²) < 4.78 is 0. The Morgan fingerprint density at radius 1 is 1.31 bits per heavy atom. The Balaban J connectivity index is 1.96. The van der Waals surface area contributed by atoms with Crippen LogP contribution in [0.1, 0.15) is 43.7 Å². The average Bonchev–Trinajstić information content (AvgIpc) is 3.10. The SMILES string of the molecule is CC(C)c1ccc(CN=C(N)C2CC2)cc1. The number of rotatable bonds is 4. The number of nitrogens with two attached hydrogens (primary N) is 1. The second kappa shape index (κ2) is 4.69. The first-order valence-electron chi connectivity index (χ1n) is 6.05. The number of nitrogens with zero attached hydrogens (tertiary/aromatic N) is 1. The molecule has 0 aromatic heterocycles. The molecule has 0 aliphatic heterocycles. The minimum atomic E-state index is 0.579. The molecule has 0 amide bonds. The molecule has 0 unspecified atom stereocenters. The van der Waals surface area contributed by atoms with Crippen molar-refractivity contribution in [2.75, 3.05) is 0 Å². The van der Waals surface area contributed by atoms with E-state index in [1.165, 1.54) is 24.0 Å². The monoisotopic (exact) mass is 216 g/mol. The van der Waals surface area contributed by atoms with E-state index in [4.69, 9.17) is 5.73 Å². The smallest absolute Gasteiger partial charge is 0.0972 e. The van der Waals surface area contributed by atoms with E-state index in [1.807, 2.05) is 0 Å². The molecule has 2 nitrogen and oxygen atoms in total. The molecule has 1 aromatic carbocycles. The fourth-order valence-corrected chi connectivity index (χ4v) is 1.70. The molecule has 16 heavy (non-hydrogen) atoms. The molecular weight excluding hydrogens is 196 g/mol. The quantitative estimate of drug-likeness (QED) is 0.609. The molecule has 2 N–H and O–H groups in total. The van der Waals surface area contributed by atoms with Crippen molar-refractivity contribution in [1.82, 2.24) is 0 Å². The summed E-state index contributed by atoms with van der Waals surface area (Å²) in [7, 11) is 0. The highest BCUT2D eigenvalue weighted by molar-refractivity contribution is 5.84. The molecule has 2 rings (SSSR count). The van der Waals surface area contributed by atoms with Crippen molar-refractivity contribution in [2.45, 2.75) is 39.2 Å². The van der Waals surface area contributed by atoms with Gasteiger partial charge in [0.05, 0.1) is 12.4 Å². The molecule has 2 heteroatoms. The number of benzene rings is 1. The van der Waals surface area contributed by atoms with Gasteiger partial charge in [-0.2, -0.15) is 0 Å². The van der Waals surface area contributed by atoms with Gasteiger partial charge in [-0.15, -0.1) is 0 Å². The fourth-order valence-electron chi connectivity index (χ4n) is 1.70. The summed E-state index contributed by atoms with van der Waals surface area (Å²) in [5.41, 5.74) is 8.48. The Hall–Kier alpha value is -1.31.